The minimum absolute atomic E-state index is 0.135. The zero-order chi connectivity index (χ0) is 21.8. The highest BCUT2D eigenvalue weighted by molar-refractivity contribution is 8.15. The molecule has 1 unspecified atom stereocenters. The lowest BCUT2D eigenvalue weighted by atomic mass is 10.1. The van der Waals surface area contributed by atoms with E-state index in [9.17, 15) is 18.4 Å². The van der Waals surface area contributed by atoms with Crippen LogP contribution in [0.5, 0.6) is 0 Å². The first-order valence-electron chi connectivity index (χ1n) is 9.27. The number of nitrogens with zero attached hydrogens (tertiary/aromatic N) is 2. The van der Waals surface area contributed by atoms with Crippen LogP contribution in [0.3, 0.4) is 0 Å². The molecule has 1 atom stereocenters. The number of amidine groups is 1. The van der Waals surface area contributed by atoms with E-state index in [1.54, 1.807) is 6.08 Å². The monoisotopic (exact) mass is 429 g/mol. The number of aryl methyl sites for hydroxylation is 2. The zero-order valence-electron chi connectivity index (χ0n) is 16.6. The molecule has 1 fully saturated rings. The van der Waals surface area contributed by atoms with E-state index in [1.807, 2.05) is 32.0 Å². The second-order valence-corrected chi connectivity index (χ2v) is 8.13. The number of hydrogen-bond donors (Lipinski definition) is 1. The lowest BCUT2D eigenvalue weighted by Crippen LogP contribution is -2.33. The molecule has 8 heteroatoms. The first-order chi connectivity index (χ1) is 14.3. The van der Waals surface area contributed by atoms with Gasteiger partial charge in [-0.3, -0.25) is 14.5 Å². The highest BCUT2D eigenvalue weighted by Crippen LogP contribution is 2.32. The topological polar surface area (TPSA) is 61.8 Å². The standard InChI is InChI=1S/C22H21F2N3O2S/c1-4-7-27-21(29)19(12-20(28)26-18-6-5-15(23)11-17(18)24)30-22(27)25-16-9-13(2)8-14(3)10-16/h4-6,8-11,19H,1,7,12H2,2-3H3,(H,26,28). The molecule has 1 heterocycles. The molecule has 1 N–H and O–H groups in total. The summed E-state index contributed by atoms with van der Waals surface area (Å²) in [5.41, 5.74) is 2.69. The number of nitrogens with one attached hydrogen (secondary N) is 1. The normalized spacial score (nSPS) is 17.5. The molecule has 0 radical (unpaired) electrons. The van der Waals surface area contributed by atoms with Crippen molar-refractivity contribution in [1.82, 2.24) is 4.90 Å². The number of carbonyl (C=O) groups is 2. The van der Waals surface area contributed by atoms with Gasteiger partial charge in [-0.25, -0.2) is 13.8 Å². The van der Waals surface area contributed by atoms with Crippen molar-refractivity contribution in [3.63, 3.8) is 0 Å². The Morgan fingerprint density at radius 2 is 1.93 bits per heavy atom. The van der Waals surface area contributed by atoms with Crippen LogP contribution in [0.4, 0.5) is 20.2 Å². The summed E-state index contributed by atoms with van der Waals surface area (Å²) in [5, 5.41) is 2.17. The summed E-state index contributed by atoms with van der Waals surface area (Å²) in [7, 11) is 0. The van der Waals surface area contributed by atoms with Crippen molar-refractivity contribution < 1.29 is 18.4 Å². The predicted octanol–water partition coefficient (Wildman–Crippen LogP) is 4.73. The molecule has 1 saturated heterocycles. The summed E-state index contributed by atoms with van der Waals surface area (Å²) in [4.78, 5) is 31.2. The number of aliphatic imine (C=N–C) groups is 1. The molecule has 1 aliphatic heterocycles. The largest absolute Gasteiger partial charge is 0.324 e. The number of rotatable bonds is 6. The summed E-state index contributed by atoms with van der Waals surface area (Å²) >= 11 is 1.18. The van der Waals surface area contributed by atoms with Crippen LogP contribution in [-0.4, -0.2) is 33.7 Å². The number of thioether (sulfide) groups is 1. The van der Waals surface area contributed by atoms with Gasteiger partial charge in [0.15, 0.2) is 5.17 Å². The van der Waals surface area contributed by atoms with E-state index < -0.39 is 22.8 Å². The van der Waals surface area contributed by atoms with Gasteiger partial charge in [-0.05, 0) is 49.2 Å². The van der Waals surface area contributed by atoms with Gasteiger partial charge in [0.2, 0.25) is 11.8 Å². The number of carbonyl (C=O) groups excluding carboxylic acids is 2. The van der Waals surface area contributed by atoms with E-state index in [-0.39, 0.29) is 24.6 Å². The molecule has 0 aromatic heterocycles. The van der Waals surface area contributed by atoms with Gasteiger partial charge in [-0.1, -0.05) is 23.9 Å². The SMILES string of the molecule is C=CCN1C(=O)C(CC(=O)Nc2ccc(F)cc2F)SC1=Nc1cc(C)cc(C)c1. The fraction of sp³-hybridized carbons (Fsp3) is 0.227. The van der Waals surface area contributed by atoms with Gasteiger partial charge in [0.1, 0.15) is 16.9 Å². The van der Waals surface area contributed by atoms with Crippen molar-refractivity contribution in [1.29, 1.82) is 0 Å². The molecular formula is C22H21F2N3O2S. The smallest absolute Gasteiger partial charge is 0.242 e. The van der Waals surface area contributed by atoms with Gasteiger partial charge in [0, 0.05) is 19.0 Å². The molecule has 2 aromatic carbocycles. The molecule has 0 bridgehead atoms. The number of hydrogen-bond acceptors (Lipinski definition) is 4. The van der Waals surface area contributed by atoms with Gasteiger partial charge < -0.3 is 5.32 Å². The summed E-state index contributed by atoms with van der Waals surface area (Å²) in [6, 6.07) is 8.73. The van der Waals surface area contributed by atoms with Crippen molar-refractivity contribution in [3.05, 3.63) is 71.8 Å². The number of halogens is 2. The third-order valence-electron chi connectivity index (χ3n) is 4.34. The van der Waals surface area contributed by atoms with E-state index in [2.05, 4.69) is 16.9 Å². The minimum atomic E-state index is -0.876. The quantitative estimate of drug-likeness (QED) is 0.676. The van der Waals surface area contributed by atoms with Crippen molar-refractivity contribution in [3.8, 4) is 0 Å². The second-order valence-electron chi connectivity index (χ2n) is 6.96. The van der Waals surface area contributed by atoms with Crippen molar-refractivity contribution in [2.75, 3.05) is 11.9 Å². The molecule has 156 valence electrons. The average molecular weight is 429 g/mol. The van der Waals surface area contributed by atoms with Crippen molar-refractivity contribution in [2.45, 2.75) is 25.5 Å². The number of benzene rings is 2. The Bertz CT molecular complexity index is 1020. The summed E-state index contributed by atoms with van der Waals surface area (Å²) < 4.78 is 26.8. The predicted molar refractivity (Wildman–Crippen MR) is 116 cm³/mol. The molecule has 0 spiro atoms. The van der Waals surface area contributed by atoms with Crippen molar-refractivity contribution >= 4 is 40.1 Å². The van der Waals surface area contributed by atoms with Gasteiger partial charge in [0.05, 0.1) is 11.4 Å². The van der Waals surface area contributed by atoms with Crippen LogP contribution in [0.2, 0.25) is 0 Å². The Morgan fingerprint density at radius 1 is 1.23 bits per heavy atom. The van der Waals surface area contributed by atoms with E-state index in [1.165, 1.54) is 16.7 Å². The van der Waals surface area contributed by atoms with Crippen LogP contribution < -0.4 is 5.32 Å². The molecule has 3 rings (SSSR count). The molecule has 2 aromatic rings. The third-order valence-corrected chi connectivity index (χ3v) is 5.51. The maximum absolute atomic E-state index is 13.8. The van der Waals surface area contributed by atoms with Gasteiger partial charge in [-0.15, -0.1) is 6.58 Å². The molecule has 1 aliphatic rings. The van der Waals surface area contributed by atoms with Crippen LogP contribution in [0, 0.1) is 25.5 Å². The lowest BCUT2D eigenvalue weighted by molar-refractivity contribution is -0.127. The Morgan fingerprint density at radius 3 is 2.57 bits per heavy atom. The van der Waals surface area contributed by atoms with Gasteiger partial charge in [0.25, 0.3) is 0 Å². The summed E-state index contributed by atoms with van der Waals surface area (Å²) in [6.45, 7) is 7.87. The van der Waals surface area contributed by atoms with E-state index >= 15 is 0 Å². The van der Waals surface area contributed by atoms with E-state index in [0.717, 1.165) is 28.9 Å². The summed E-state index contributed by atoms with van der Waals surface area (Å²) in [6.07, 6.45) is 1.42. The van der Waals surface area contributed by atoms with Gasteiger partial charge >= 0.3 is 0 Å². The van der Waals surface area contributed by atoms with Gasteiger partial charge in [-0.2, -0.15) is 0 Å². The van der Waals surface area contributed by atoms with E-state index in [4.69, 9.17) is 0 Å². The number of anilines is 1. The van der Waals surface area contributed by atoms with Crippen LogP contribution in [0.25, 0.3) is 0 Å². The van der Waals surface area contributed by atoms with Crippen LogP contribution in [0.15, 0.2) is 54.0 Å². The Hall–Kier alpha value is -3.00. The minimum Gasteiger partial charge on any atom is -0.324 e. The average Bonchev–Trinajstić information content (AvgIpc) is 2.92. The molecule has 0 saturated carbocycles. The van der Waals surface area contributed by atoms with E-state index in [0.29, 0.717) is 11.2 Å². The highest BCUT2D eigenvalue weighted by atomic mass is 32.2. The maximum atomic E-state index is 13.8. The fourth-order valence-electron chi connectivity index (χ4n) is 3.11. The lowest BCUT2D eigenvalue weighted by Gasteiger charge is -2.14. The van der Waals surface area contributed by atoms with Crippen molar-refractivity contribution in [2.24, 2.45) is 4.99 Å². The molecule has 0 aliphatic carbocycles. The Kier molecular flexibility index (Phi) is 6.66. The zero-order valence-corrected chi connectivity index (χ0v) is 17.4. The van der Waals surface area contributed by atoms with Crippen LogP contribution in [0.1, 0.15) is 17.5 Å². The molecule has 30 heavy (non-hydrogen) atoms. The molecule has 5 nitrogen and oxygen atoms in total. The first kappa shape index (κ1) is 21.7. The molecule has 2 amide bonds. The third kappa shape index (κ3) is 5.13. The fourth-order valence-corrected chi connectivity index (χ4v) is 4.28. The Balaban J connectivity index is 1.77. The highest BCUT2D eigenvalue weighted by Gasteiger charge is 2.38. The maximum Gasteiger partial charge on any atom is 0.242 e. The van der Waals surface area contributed by atoms with Crippen LogP contribution >= 0.6 is 11.8 Å². The molecular weight excluding hydrogens is 408 g/mol. The second kappa shape index (κ2) is 9.21. The Labute approximate surface area is 177 Å². The summed E-state index contributed by atoms with van der Waals surface area (Å²) in [5.74, 6) is -2.42. The number of amides is 2. The van der Waals surface area contributed by atoms with Crippen LogP contribution in [-0.2, 0) is 9.59 Å². The first-order valence-corrected chi connectivity index (χ1v) is 10.2.